The number of likely N-dealkylation sites (tertiary alicyclic amines) is 1. The van der Waals surface area contributed by atoms with Gasteiger partial charge in [-0.25, -0.2) is 13.6 Å². The summed E-state index contributed by atoms with van der Waals surface area (Å²) in [5, 5.41) is 18.9. The van der Waals surface area contributed by atoms with Crippen LogP contribution in [0.25, 0.3) is 11.1 Å². The summed E-state index contributed by atoms with van der Waals surface area (Å²) in [6, 6.07) is 17.0. The zero-order valence-corrected chi connectivity index (χ0v) is 24.2. The van der Waals surface area contributed by atoms with E-state index in [1.165, 1.54) is 23.9 Å². The molecule has 1 aliphatic heterocycles. The van der Waals surface area contributed by atoms with Gasteiger partial charge in [0.2, 0.25) is 0 Å². The van der Waals surface area contributed by atoms with Crippen LogP contribution in [0.15, 0.2) is 65.6 Å². The first kappa shape index (κ1) is 34.3. The number of carbonyl (C=O) groups excluding carboxylic acids is 1. The molecular formula is C30H29F5N2O6S. The molecule has 3 aromatic carbocycles. The van der Waals surface area contributed by atoms with E-state index in [9.17, 15) is 31.5 Å². The van der Waals surface area contributed by atoms with Crippen LogP contribution in [0.1, 0.15) is 28.8 Å². The number of rotatable bonds is 9. The van der Waals surface area contributed by atoms with Crippen LogP contribution in [-0.2, 0) is 16.2 Å². The van der Waals surface area contributed by atoms with Gasteiger partial charge in [0.05, 0.1) is 6.54 Å². The minimum atomic E-state index is -5.08. The van der Waals surface area contributed by atoms with Gasteiger partial charge < -0.3 is 25.2 Å². The number of hydrogen-bond donors (Lipinski definition) is 3. The fraction of sp³-hybridized carbons (Fsp3) is 0.300. The molecule has 1 amide bonds. The molecule has 1 fully saturated rings. The maximum atomic E-state index is 13.8. The maximum Gasteiger partial charge on any atom is 0.490 e. The summed E-state index contributed by atoms with van der Waals surface area (Å²) in [6.07, 6.45) is -1.85. The van der Waals surface area contributed by atoms with Crippen molar-refractivity contribution in [3.8, 4) is 16.9 Å². The quantitative estimate of drug-likeness (QED) is 0.197. The van der Waals surface area contributed by atoms with E-state index >= 15 is 0 Å². The second-order valence-corrected chi connectivity index (χ2v) is 10.5. The molecule has 0 radical (unpaired) electrons. The highest BCUT2D eigenvalue weighted by molar-refractivity contribution is 7.98. The number of amides is 1. The molecule has 3 aromatic rings. The van der Waals surface area contributed by atoms with Crippen molar-refractivity contribution in [3.63, 3.8) is 0 Å². The Hall–Kier alpha value is -4.17. The summed E-state index contributed by atoms with van der Waals surface area (Å²) < 4.78 is 65.0. The highest BCUT2D eigenvalue weighted by atomic mass is 32.2. The van der Waals surface area contributed by atoms with Gasteiger partial charge in [-0.1, -0.05) is 24.3 Å². The molecule has 14 heteroatoms. The zero-order valence-electron chi connectivity index (χ0n) is 23.4. The lowest BCUT2D eigenvalue weighted by molar-refractivity contribution is -0.192. The van der Waals surface area contributed by atoms with E-state index < -0.39 is 29.7 Å². The van der Waals surface area contributed by atoms with Crippen molar-refractivity contribution < 1.29 is 51.3 Å². The third-order valence-electron chi connectivity index (χ3n) is 6.55. The number of aliphatic carboxylic acids is 2. The number of alkyl halides is 3. The van der Waals surface area contributed by atoms with Crippen LogP contribution in [-0.4, -0.2) is 71.1 Å². The molecule has 0 saturated carbocycles. The van der Waals surface area contributed by atoms with Gasteiger partial charge in [-0.2, -0.15) is 13.2 Å². The van der Waals surface area contributed by atoms with Crippen molar-refractivity contribution >= 4 is 29.6 Å². The topological polar surface area (TPSA) is 116 Å². The number of halogens is 5. The second kappa shape index (κ2) is 15.5. The van der Waals surface area contributed by atoms with Crippen LogP contribution in [0.3, 0.4) is 0 Å². The normalized spacial score (nSPS) is 13.5. The number of ether oxygens (including phenoxy) is 1. The van der Waals surface area contributed by atoms with Gasteiger partial charge in [0.15, 0.2) is 11.6 Å². The number of piperidine rings is 1. The SMILES string of the molecule is CSc1cc(F)c(F)cc1-c1ccc(OCc2cccc(C(=O)N3CCC(NCC(=O)O)CC3)c2)cc1.O=C(O)C(F)(F)F. The lowest BCUT2D eigenvalue weighted by Gasteiger charge is -2.32. The summed E-state index contributed by atoms with van der Waals surface area (Å²) in [5.41, 5.74) is 2.80. The Morgan fingerprint density at radius 2 is 1.59 bits per heavy atom. The lowest BCUT2D eigenvalue weighted by Crippen LogP contribution is -2.46. The average Bonchev–Trinajstić information content (AvgIpc) is 3.00. The summed E-state index contributed by atoms with van der Waals surface area (Å²) in [4.78, 5) is 35.1. The zero-order chi connectivity index (χ0) is 32.4. The van der Waals surface area contributed by atoms with Crippen molar-refractivity contribution in [1.29, 1.82) is 0 Å². The van der Waals surface area contributed by atoms with Gasteiger partial charge in [0, 0.05) is 29.6 Å². The van der Waals surface area contributed by atoms with Crippen molar-refractivity contribution in [1.82, 2.24) is 10.2 Å². The number of benzene rings is 3. The van der Waals surface area contributed by atoms with E-state index in [2.05, 4.69) is 5.32 Å². The molecule has 1 aliphatic rings. The summed E-state index contributed by atoms with van der Waals surface area (Å²) in [7, 11) is 0. The number of thioether (sulfide) groups is 1. The van der Waals surface area contributed by atoms with E-state index in [1.54, 1.807) is 35.2 Å². The summed E-state index contributed by atoms with van der Waals surface area (Å²) in [6.45, 7) is 1.33. The minimum absolute atomic E-state index is 0.0565. The van der Waals surface area contributed by atoms with Crippen LogP contribution in [0.2, 0.25) is 0 Å². The Labute approximate surface area is 253 Å². The molecule has 0 atom stereocenters. The number of nitrogens with one attached hydrogen (secondary N) is 1. The molecule has 0 aromatic heterocycles. The highest BCUT2D eigenvalue weighted by Crippen LogP contribution is 2.33. The number of carbonyl (C=O) groups is 3. The van der Waals surface area contributed by atoms with Crippen LogP contribution >= 0.6 is 11.8 Å². The predicted octanol–water partition coefficient (Wildman–Crippen LogP) is 5.84. The van der Waals surface area contributed by atoms with Crippen molar-refractivity contribution in [2.75, 3.05) is 25.9 Å². The van der Waals surface area contributed by atoms with Gasteiger partial charge in [-0.05, 0) is 72.2 Å². The van der Waals surface area contributed by atoms with Crippen molar-refractivity contribution in [2.45, 2.75) is 36.6 Å². The van der Waals surface area contributed by atoms with Crippen molar-refractivity contribution in [3.05, 3.63) is 83.4 Å². The lowest BCUT2D eigenvalue weighted by atomic mass is 10.0. The van der Waals surface area contributed by atoms with Crippen LogP contribution in [0.4, 0.5) is 22.0 Å². The summed E-state index contributed by atoms with van der Waals surface area (Å²) in [5.74, 6) is -4.84. The Morgan fingerprint density at radius 1 is 0.977 bits per heavy atom. The maximum absolute atomic E-state index is 13.8. The van der Waals surface area contributed by atoms with E-state index in [4.69, 9.17) is 19.7 Å². The molecule has 0 spiro atoms. The van der Waals surface area contributed by atoms with Crippen LogP contribution in [0, 0.1) is 11.6 Å². The molecule has 4 rings (SSSR count). The van der Waals surface area contributed by atoms with E-state index in [0.717, 1.165) is 11.1 Å². The Balaban J connectivity index is 0.000000676. The van der Waals surface area contributed by atoms with E-state index in [0.29, 0.717) is 47.7 Å². The number of hydrogen-bond acceptors (Lipinski definition) is 6. The fourth-order valence-electron chi connectivity index (χ4n) is 4.32. The Bertz CT molecular complexity index is 1460. The number of carboxylic acid groups (broad SMARTS) is 2. The average molecular weight is 641 g/mol. The van der Waals surface area contributed by atoms with E-state index in [1.807, 2.05) is 24.5 Å². The standard InChI is InChI=1S/C28H28F2N2O4S.C2HF3O2/c1-37-26-15-25(30)24(29)14-23(26)19-5-7-22(8-6-19)36-17-18-3-2-4-20(13-18)28(35)32-11-9-21(10-12-32)31-16-27(33)34;3-2(4,5)1(6)7/h2-8,13-15,21,31H,9-12,16-17H2,1H3,(H,33,34);(H,6,7). The molecule has 0 bridgehead atoms. The van der Waals surface area contributed by atoms with E-state index in [-0.39, 0.29) is 25.1 Å². The fourth-order valence-corrected chi connectivity index (χ4v) is 4.93. The third kappa shape index (κ3) is 9.95. The minimum Gasteiger partial charge on any atom is -0.489 e. The molecule has 3 N–H and O–H groups in total. The number of carboxylic acids is 2. The second-order valence-electron chi connectivity index (χ2n) is 9.62. The summed E-state index contributed by atoms with van der Waals surface area (Å²) >= 11 is 1.35. The molecule has 1 heterocycles. The van der Waals surface area contributed by atoms with Crippen LogP contribution < -0.4 is 10.1 Å². The van der Waals surface area contributed by atoms with Gasteiger partial charge in [-0.3, -0.25) is 9.59 Å². The monoisotopic (exact) mass is 640 g/mol. The first-order valence-corrected chi connectivity index (χ1v) is 14.4. The van der Waals surface area contributed by atoms with Gasteiger partial charge >= 0.3 is 18.1 Å². The van der Waals surface area contributed by atoms with Crippen LogP contribution in [0.5, 0.6) is 5.75 Å². The Kier molecular flexibility index (Phi) is 12.1. The highest BCUT2D eigenvalue weighted by Gasteiger charge is 2.38. The molecule has 0 aliphatic carbocycles. The molecule has 8 nitrogen and oxygen atoms in total. The van der Waals surface area contributed by atoms with Gasteiger partial charge in [0.1, 0.15) is 12.4 Å². The molecule has 44 heavy (non-hydrogen) atoms. The molecule has 1 saturated heterocycles. The number of nitrogens with zero attached hydrogens (tertiary/aromatic N) is 1. The van der Waals surface area contributed by atoms with Gasteiger partial charge in [0.25, 0.3) is 5.91 Å². The Morgan fingerprint density at radius 3 is 2.16 bits per heavy atom. The third-order valence-corrected chi connectivity index (χ3v) is 7.33. The van der Waals surface area contributed by atoms with Crippen molar-refractivity contribution in [2.24, 2.45) is 0 Å². The molecular weight excluding hydrogens is 611 g/mol. The molecule has 236 valence electrons. The first-order chi connectivity index (χ1) is 20.8. The molecule has 0 unspecified atom stereocenters. The van der Waals surface area contributed by atoms with Gasteiger partial charge in [-0.15, -0.1) is 11.8 Å². The first-order valence-electron chi connectivity index (χ1n) is 13.2. The largest absolute Gasteiger partial charge is 0.490 e. The smallest absolute Gasteiger partial charge is 0.489 e. The predicted molar refractivity (Wildman–Crippen MR) is 153 cm³/mol.